The number of imide groups is 1. The third kappa shape index (κ3) is 2.40. The summed E-state index contributed by atoms with van der Waals surface area (Å²) in [6, 6.07) is 10.7. The third-order valence-electron chi connectivity index (χ3n) is 5.41. The normalized spacial score (nSPS) is 14.6. The van der Waals surface area contributed by atoms with E-state index in [9.17, 15) is 14.0 Å². The average molecular weight is 416 g/mol. The number of carbonyl (C=O) groups is 2. The molecule has 0 bridgehead atoms. The predicted octanol–water partition coefficient (Wildman–Crippen LogP) is 3.40. The third-order valence-corrected chi connectivity index (χ3v) is 5.41. The number of amides is 2. The Morgan fingerprint density at radius 2 is 1.71 bits per heavy atom. The van der Waals surface area contributed by atoms with E-state index in [4.69, 9.17) is 9.47 Å². The van der Waals surface area contributed by atoms with E-state index in [1.165, 1.54) is 23.0 Å². The molecule has 4 heterocycles. The lowest BCUT2D eigenvalue weighted by atomic mass is 10.1. The van der Waals surface area contributed by atoms with Crippen molar-refractivity contribution in [2.24, 2.45) is 0 Å². The number of aryl methyl sites for hydroxylation is 1. The summed E-state index contributed by atoms with van der Waals surface area (Å²) in [7, 11) is 0. The molecule has 2 aliphatic rings. The second kappa shape index (κ2) is 6.11. The molecule has 9 heteroatoms. The number of carbonyl (C=O) groups excluding carboxylic acids is 2. The number of hydrogen-bond donors (Lipinski definition) is 0. The smallest absolute Gasteiger partial charge is 0.267 e. The Hall–Kier alpha value is -4.27. The van der Waals surface area contributed by atoms with E-state index in [1.54, 1.807) is 37.3 Å². The minimum atomic E-state index is -0.470. The summed E-state index contributed by atoms with van der Waals surface area (Å²) in [5.74, 6) is -0.278. The fraction of sp³-hybridized carbons (Fsp3) is 0.0909. The summed E-state index contributed by atoms with van der Waals surface area (Å²) in [4.78, 5) is 32.0. The molecule has 31 heavy (non-hydrogen) atoms. The van der Waals surface area contributed by atoms with Gasteiger partial charge in [0, 0.05) is 12.3 Å². The number of rotatable bonds is 2. The standard InChI is InChI=1S/C22H13FN4O4/c1-11-18-19-15(9-24-20(18)27(25-11)13-4-2-12(23)3-5-13)21(28)26(22(19)29)14-6-7-16-17(8-14)31-10-30-16/h2-9H,10H2,1H3. The van der Waals surface area contributed by atoms with Crippen LogP contribution in [0.3, 0.4) is 0 Å². The number of pyridine rings is 1. The van der Waals surface area contributed by atoms with Crippen LogP contribution in [-0.2, 0) is 0 Å². The van der Waals surface area contributed by atoms with E-state index in [0.29, 0.717) is 39.6 Å². The second-order valence-electron chi connectivity index (χ2n) is 7.20. The highest BCUT2D eigenvalue weighted by Gasteiger charge is 2.40. The first-order valence-corrected chi connectivity index (χ1v) is 9.45. The number of ether oxygens (including phenoxy) is 2. The van der Waals surface area contributed by atoms with Crippen LogP contribution in [0.15, 0.2) is 48.7 Å². The topological polar surface area (TPSA) is 86.6 Å². The number of nitrogens with zero attached hydrogens (tertiary/aromatic N) is 4. The SMILES string of the molecule is Cc1nn(-c2ccc(F)cc2)c2ncc3c(c12)C(=O)N(c1ccc2c(c1)OCO2)C3=O. The summed E-state index contributed by atoms with van der Waals surface area (Å²) >= 11 is 0. The van der Waals surface area contributed by atoms with E-state index in [0.717, 1.165) is 4.90 Å². The molecule has 2 aromatic heterocycles. The molecule has 2 amide bonds. The van der Waals surface area contributed by atoms with E-state index in [1.807, 2.05) is 0 Å². The quantitative estimate of drug-likeness (QED) is 0.466. The Morgan fingerprint density at radius 1 is 0.968 bits per heavy atom. The first kappa shape index (κ1) is 17.6. The summed E-state index contributed by atoms with van der Waals surface area (Å²) in [6.07, 6.45) is 1.38. The predicted molar refractivity (Wildman–Crippen MR) is 107 cm³/mol. The van der Waals surface area contributed by atoms with Gasteiger partial charge in [-0.15, -0.1) is 0 Å². The fourth-order valence-electron chi connectivity index (χ4n) is 3.98. The van der Waals surface area contributed by atoms with Crippen molar-refractivity contribution in [1.29, 1.82) is 0 Å². The Kier molecular flexibility index (Phi) is 3.47. The zero-order valence-electron chi connectivity index (χ0n) is 16.1. The van der Waals surface area contributed by atoms with Crippen LogP contribution in [0.4, 0.5) is 10.1 Å². The minimum Gasteiger partial charge on any atom is -0.454 e. The molecule has 0 unspecified atom stereocenters. The van der Waals surface area contributed by atoms with Gasteiger partial charge in [-0.2, -0.15) is 5.10 Å². The first-order chi connectivity index (χ1) is 15.0. The van der Waals surface area contributed by atoms with Gasteiger partial charge in [0.05, 0.1) is 33.6 Å². The van der Waals surface area contributed by atoms with Crippen LogP contribution in [-0.4, -0.2) is 33.4 Å². The van der Waals surface area contributed by atoms with Gasteiger partial charge < -0.3 is 9.47 Å². The van der Waals surface area contributed by atoms with Crippen molar-refractivity contribution in [1.82, 2.24) is 14.8 Å². The molecule has 0 spiro atoms. The number of aromatic nitrogens is 3. The molecule has 8 nitrogen and oxygen atoms in total. The lowest BCUT2D eigenvalue weighted by molar-refractivity contribution is 0.0926. The van der Waals surface area contributed by atoms with Gasteiger partial charge in [0.1, 0.15) is 5.82 Å². The number of benzene rings is 2. The van der Waals surface area contributed by atoms with Gasteiger partial charge in [-0.3, -0.25) is 9.59 Å². The maximum absolute atomic E-state index is 13.4. The molecule has 2 aliphatic heterocycles. The van der Waals surface area contributed by atoms with Gasteiger partial charge in [0.25, 0.3) is 11.8 Å². The van der Waals surface area contributed by atoms with Gasteiger partial charge in [-0.25, -0.2) is 19.0 Å². The van der Waals surface area contributed by atoms with Gasteiger partial charge in [-0.1, -0.05) is 0 Å². The molecule has 0 saturated heterocycles. The van der Waals surface area contributed by atoms with Crippen LogP contribution in [0.2, 0.25) is 0 Å². The van der Waals surface area contributed by atoms with Crippen molar-refractivity contribution in [2.45, 2.75) is 6.92 Å². The highest BCUT2D eigenvalue weighted by atomic mass is 19.1. The van der Waals surface area contributed by atoms with E-state index in [2.05, 4.69) is 10.1 Å². The summed E-state index contributed by atoms with van der Waals surface area (Å²) in [6.45, 7) is 1.83. The maximum Gasteiger partial charge on any atom is 0.267 e. The zero-order chi connectivity index (χ0) is 21.3. The lowest BCUT2D eigenvalue weighted by Crippen LogP contribution is -2.29. The van der Waals surface area contributed by atoms with Crippen LogP contribution in [0.1, 0.15) is 26.4 Å². The molecule has 0 fully saturated rings. The van der Waals surface area contributed by atoms with Crippen molar-refractivity contribution in [3.05, 3.63) is 71.3 Å². The van der Waals surface area contributed by atoms with Crippen LogP contribution in [0.25, 0.3) is 16.7 Å². The number of fused-ring (bicyclic) bond motifs is 4. The molecule has 152 valence electrons. The molecular formula is C22H13FN4O4. The number of anilines is 1. The van der Waals surface area contributed by atoms with Crippen LogP contribution < -0.4 is 14.4 Å². The lowest BCUT2D eigenvalue weighted by Gasteiger charge is -2.14. The summed E-state index contributed by atoms with van der Waals surface area (Å²) in [5.41, 5.74) is 2.38. The zero-order valence-corrected chi connectivity index (χ0v) is 16.1. The molecule has 2 aromatic carbocycles. The monoisotopic (exact) mass is 416 g/mol. The van der Waals surface area contributed by atoms with Crippen molar-refractivity contribution in [3.63, 3.8) is 0 Å². The molecule has 0 aliphatic carbocycles. The maximum atomic E-state index is 13.4. The molecule has 6 rings (SSSR count). The molecule has 0 saturated carbocycles. The highest BCUT2D eigenvalue weighted by molar-refractivity contribution is 6.37. The molecule has 0 atom stereocenters. The molecular weight excluding hydrogens is 403 g/mol. The van der Waals surface area contributed by atoms with Crippen LogP contribution >= 0.6 is 0 Å². The summed E-state index contributed by atoms with van der Waals surface area (Å²) < 4.78 is 25.5. The van der Waals surface area contributed by atoms with Gasteiger partial charge in [0.2, 0.25) is 6.79 Å². The van der Waals surface area contributed by atoms with Crippen LogP contribution in [0.5, 0.6) is 11.5 Å². The number of hydrogen-bond acceptors (Lipinski definition) is 6. The molecule has 4 aromatic rings. The Balaban J connectivity index is 1.51. The van der Waals surface area contributed by atoms with Gasteiger partial charge in [-0.05, 0) is 43.3 Å². The van der Waals surface area contributed by atoms with E-state index >= 15 is 0 Å². The van der Waals surface area contributed by atoms with E-state index < -0.39 is 11.8 Å². The summed E-state index contributed by atoms with van der Waals surface area (Å²) in [5, 5.41) is 4.97. The Bertz CT molecular complexity index is 1430. The molecule has 0 N–H and O–H groups in total. The highest BCUT2D eigenvalue weighted by Crippen LogP contribution is 2.39. The van der Waals surface area contributed by atoms with Crippen molar-refractivity contribution < 1.29 is 23.5 Å². The Morgan fingerprint density at radius 3 is 2.52 bits per heavy atom. The van der Waals surface area contributed by atoms with Crippen molar-refractivity contribution >= 4 is 28.5 Å². The Labute approximate surface area is 174 Å². The first-order valence-electron chi connectivity index (χ1n) is 9.45. The van der Waals surface area contributed by atoms with Crippen LogP contribution in [0, 0.1) is 12.7 Å². The average Bonchev–Trinajstić information content (AvgIpc) is 3.44. The minimum absolute atomic E-state index is 0.0905. The molecule has 0 radical (unpaired) electrons. The van der Waals surface area contributed by atoms with Crippen molar-refractivity contribution in [3.8, 4) is 17.2 Å². The van der Waals surface area contributed by atoms with E-state index in [-0.39, 0.29) is 23.7 Å². The largest absolute Gasteiger partial charge is 0.454 e. The van der Waals surface area contributed by atoms with Crippen molar-refractivity contribution in [2.75, 3.05) is 11.7 Å². The number of halogens is 1. The van der Waals surface area contributed by atoms with Gasteiger partial charge >= 0.3 is 0 Å². The second-order valence-corrected chi connectivity index (χ2v) is 7.20. The van der Waals surface area contributed by atoms with Gasteiger partial charge in [0.15, 0.2) is 17.1 Å². The fourth-order valence-corrected chi connectivity index (χ4v) is 3.98.